The molecule has 0 saturated carbocycles. The molecule has 0 radical (unpaired) electrons. The van der Waals surface area contributed by atoms with Crippen LogP contribution < -0.4 is 10.6 Å². The quantitative estimate of drug-likeness (QED) is 0.878. The van der Waals surface area contributed by atoms with Crippen molar-refractivity contribution in [1.82, 2.24) is 5.32 Å². The Morgan fingerprint density at radius 3 is 2.45 bits per heavy atom. The molecule has 0 unspecified atom stereocenters. The largest absolute Gasteiger partial charge is 0.469 e. The Morgan fingerprint density at radius 2 is 1.90 bits per heavy atom. The molecule has 1 aromatic heterocycles. The Kier molecular flexibility index (Phi) is 4.49. The monoisotopic (exact) mass is 336 g/mol. The Hall–Kier alpha value is -1.75. The molecule has 0 atom stereocenters. The third-order valence-electron chi connectivity index (χ3n) is 3.14. The van der Waals surface area contributed by atoms with Gasteiger partial charge in [-0.05, 0) is 50.1 Å². The van der Waals surface area contributed by atoms with E-state index in [0.717, 1.165) is 32.6 Å². The van der Waals surface area contributed by atoms with E-state index >= 15 is 0 Å². The van der Waals surface area contributed by atoms with Crippen LogP contribution in [-0.2, 0) is 6.54 Å². The molecule has 2 rings (SSSR count). The number of benzene rings is 1. The molecule has 2 amide bonds. The summed E-state index contributed by atoms with van der Waals surface area (Å²) in [5.41, 5.74) is 3.86. The Balaban J connectivity index is 2.00. The summed E-state index contributed by atoms with van der Waals surface area (Å²) >= 11 is 3.44. The van der Waals surface area contributed by atoms with Crippen LogP contribution >= 0.6 is 15.9 Å². The molecule has 5 heteroatoms. The van der Waals surface area contributed by atoms with E-state index in [2.05, 4.69) is 26.6 Å². The molecule has 2 N–H and O–H groups in total. The third-order valence-corrected chi connectivity index (χ3v) is 3.60. The zero-order valence-corrected chi connectivity index (χ0v) is 13.3. The zero-order valence-electron chi connectivity index (χ0n) is 11.7. The molecular formula is C15H17BrN2O2. The van der Waals surface area contributed by atoms with Gasteiger partial charge in [0.05, 0.1) is 6.26 Å². The lowest BCUT2D eigenvalue weighted by Crippen LogP contribution is -2.28. The summed E-state index contributed by atoms with van der Waals surface area (Å²) in [6.45, 7) is 6.25. The van der Waals surface area contributed by atoms with Gasteiger partial charge in [0.1, 0.15) is 5.76 Å². The predicted octanol–water partition coefficient (Wildman–Crippen LogP) is 4.29. The lowest BCUT2D eigenvalue weighted by atomic mass is 10.1. The number of furan rings is 1. The number of anilines is 1. The summed E-state index contributed by atoms with van der Waals surface area (Å²) in [6, 6.07) is 5.58. The number of hydrogen-bond donors (Lipinski definition) is 2. The summed E-state index contributed by atoms with van der Waals surface area (Å²) < 4.78 is 6.20. The highest BCUT2D eigenvalue weighted by atomic mass is 79.9. The standard InChI is InChI=1S/C15H17BrN2O2/c1-9-6-13(16)7-10(2)14(9)18-15(19)17-8-12-4-5-20-11(12)3/h4-7H,8H2,1-3H3,(H2,17,18,19). The Morgan fingerprint density at radius 1 is 1.25 bits per heavy atom. The lowest BCUT2D eigenvalue weighted by Gasteiger charge is -2.13. The van der Waals surface area contributed by atoms with E-state index in [-0.39, 0.29) is 6.03 Å². The van der Waals surface area contributed by atoms with E-state index in [1.54, 1.807) is 6.26 Å². The van der Waals surface area contributed by atoms with Crippen LogP contribution in [0.1, 0.15) is 22.5 Å². The number of halogens is 1. The predicted molar refractivity (Wildman–Crippen MR) is 82.9 cm³/mol. The van der Waals surface area contributed by atoms with Gasteiger partial charge in [-0.3, -0.25) is 0 Å². The van der Waals surface area contributed by atoms with Crippen molar-refractivity contribution in [1.29, 1.82) is 0 Å². The number of nitrogens with one attached hydrogen (secondary N) is 2. The van der Waals surface area contributed by atoms with Crippen LogP contribution in [0.2, 0.25) is 0 Å². The molecule has 1 aromatic carbocycles. The third kappa shape index (κ3) is 3.42. The smallest absolute Gasteiger partial charge is 0.319 e. The minimum atomic E-state index is -0.223. The van der Waals surface area contributed by atoms with Gasteiger partial charge in [0.25, 0.3) is 0 Å². The van der Waals surface area contributed by atoms with E-state index < -0.39 is 0 Å². The van der Waals surface area contributed by atoms with E-state index in [0.29, 0.717) is 6.54 Å². The second-order valence-corrected chi connectivity index (χ2v) is 5.64. The molecule has 0 aliphatic rings. The summed E-state index contributed by atoms with van der Waals surface area (Å²) in [7, 11) is 0. The van der Waals surface area contributed by atoms with Gasteiger partial charge < -0.3 is 15.1 Å². The fourth-order valence-corrected chi connectivity index (χ4v) is 2.72. The highest BCUT2D eigenvalue weighted by Gasteiger charge is 2.09. The number of carbonyl (C=O) groups is 1. The van der Waals surface area contributed by atoms with Crippen molar-refractivity contribution in [2.75, 3.05) is 5.32 Å². The van der Waals surface area contributed by atoms with E-state index in [1.807, 2.05) is 39.0 Å². The minimum Gasteiger partial charge on any atom is -0.469 e. The molecule has 0 saturated heterocycles. The van der Waals surface area contributed by atoms with Gasteiger partial charge in [0.2, 0.25) is 0 Å². The number of amides is 2. The number of hydrogen-bond acceptors (Lipinski definition) is 2. The van der Waals surface area contributed by atoms with Gasteiger partial charge in [-0.2, -0.15) is 0 Å². The molecule has 0 spiro atoms. The zero-order chi connectivity index (χ0) is 14.7. The van der Waals surface area contributed by atoms with Crippen LogP contribution in [0.3, 0.4) is 0 Å². The normalized spacial score (nSPS) is 10.4. The Labute approximate surface area is 126 Å². The first kappa shape index (κ1) is 14.7. The number of urea groups is 1. The maximum Gasteiger partial charge on any atom is 0.319 e. The highest BCUT2D eigenvalue weighted by Crippen LogP contribution is 2.24. The van der Waals surface area contributed by atoms with E-state index in [4.69, 9.17) is 4.42 Å². The van der Waals surface area contributed by atoms with Gasteiger partial charge in [-0.25, -0.2) is 4.79 Å². The van der Waals surface area contributed by atoms with Crippen molar-refractivity contribution in [2.45, 2.75) is 27.3 Å². The molecule has 20 heavy (non-hydrogen) atoms. The van der Waals surface area contributed by atoms with E-state index in [9.17, 15) is 4.79 Å². The first-order valence-corrected chi connectivity index (χ1v) is 7.11. The van der Waals surface area contributed by atoms with Crippen LogP contribution in [0.15, 0.2) is 33.4 Å². The van der Waals surface area contributed by atoms with Crippen molar-refractivity contribution in [3.63, 3.8) is 0 Å². The molecule has 2 aromatic rings. The maximum atomic E-state index is 11.9. The van der Waals surface area contributed by atoms with Gasteiger partial charge in [0.15, 0.2) is 0 Å². The topological polar surface area (TPSA) is 54.3 Å². The van der Waals surface area contributed by atoms with Crippen LogP contribution in [0, 0.1) is 20.8 Å². The average Bonchev–Trinajstić information content (AvgIpc) is 2.77. The molecule has 0 aliphatic heterocycles. The van der Waals surface area contributed by atoms with Crippen LogP contribution in [0.5, 0.6) is 0 Å². The molecular weight excluding hydrogens is 320 g/mol. The second kappa shape index (κ2) is 6.13. The number of carbonyl (C=O) groups excluding carboxylic acids is 1. The number of aryl methyl sites for hydroxylation is 3. The molecule has 0 fully saturated rings. The van der Waals surface area contributed by atoms with Crippen LogP contribution in [-0.4, -0.2) is 6.03 Å². The molecule has 106 valence electrons. The highest BCUT2D eigenvalue weighted by molar-refractivity contribution is 9.10. The Bertz CT molecular complexity index is 612. The lowest BCUT2D eigenvalue weighted by molar-refractivity contribution is 0.251. The molecule has 0 bridgehead atoms. The van der Waals surface area contributed by atoms with Crippen molar-refractivity contribution in [3.8, 4) is 0 Å². The summed E-state index contributed by atoms with van der Waals surface area (Å²) in [5, 5.41) is 5.71. The molecule has 4 nitrogen and oxygen atoms in total. The molecule has 1 heterocycles. The van der Waals surface area contributed by atoms with Crippen molar-refractivity contribution >= 4 is 27.6 Å². The van der Waals surface area contributed by atoms with Gasteiger partial charge in [-0.15, -0.1) is 0 Å². The summed E-state index contributed by atoms with van der Waals surface area (Å²) in [4.78, 5) is 11.9. The average molecular weight is 337 g/mol. The van der Waals surface area contributed by atoms with Crippen molar-refractivity contribution in [2.24, 2.45) is 0 Å². The first-order chi connectivity index (χ1) is 9.47. The van der Waals surface area contributed by atoms with Gasteiger partial charge >= 0.3 is 6.03 Å². The van der Waals surface area contributed by atoms with Crippen LogP contribution in [0.4, 0.5) is 10.5 Å². The van der Waals surface area contributed by atoms with Gasteiger partial charge in [-0.1, -0.05) is 15.9 Å². The minimum absolute atomic E-state index is 0.223. The maximum absolute atomic E-state index is 11.9. The molecule has 0 aliphatic carbocycles. The fraction of sp³-hybridized carbons (Fsp3) is 0.267. The number of rotatable bonds is 3. The van der Waals surface area contributed by atoms with E-state index in [1.165, 1.54) is 0 Å². The van der Waals surface area contributed by atoms with Crippen LogP contribution in [0.25, 0.3) is 0 Å². The summed E-state index contributed by atoms with van der Waals surface area (Å²) in [5.74, 6) is 0.821. The van der Waals surface area contributed by atoms with Gasteiger partial charge in [0, 0.05) is 22.3 Å². The first-order valence-electron chi connectivity index (χ1n) is 6.32. The van der Waals surface area contributed by atoms with Crippen molar-refractivity contribution < 1.29 is 9.21 Å². The summed E-state index contributed by atoms with van der Waals surface area (Å²) in [6.07, 6.45) is 1.62. The SMILES string of the molecule is Cc1cc(Br)cc(C)c1NC(=O)NCc1ccoc1C. The van der Waals surface area contributed by atoms with Crippen molar-refractivity contribution in [3.05, 3.63) is 51.4 Å². The fourth-order valence-electron chi connectivity index (χ4n) is 2.04. The second-order valence-electron chi connectivity index (χ2n) is 4.72.